The second kappa shape index (κ2) is 15.5. The summed E-state index contributed by atoms with van der Waals surface area (Å²) in [5, 5.41) is 14.8. The number of halogens is 8. The van der Waals surface area contributed by atoms with E-state index in [2.05, 4.69) is 10.6 Å². The number of aliphatic hydroxyl groups excluding tert-OH is 1. The molecule has 2 amide bonds. The van der Waals surface area contributed by atoms with Gasteiger partial charge in [0, 0.05) is 55.4 Å². The van der Waals surface area contributed by atoms with Crippen molar-refractivity contribution in [1.29, 1.82) is 0 Å². The second-order valence-corrected chi connectivity index (χ2v) is 9.15. The molecule has 2 aromatic carbocycles. The molecule has 1 atom stereocenters. The van der Waals surface area contributed by atoms with Gasteiger partial charge in [-0.2, -0.15) is 13.2 Å². The third-order valence-electron chi connectivity index (χ3n) is 6.12. The van der Waals surface area contributed by atoms with Gasteiger partial charge in [-0.25, -0.2) is 8.78 Å². The summed E-state index contributed by atoms with van der Waals surface area (Å²) in [4.78, 5) is 28.1. The lowest BCUT2D eigenvalue weighted by molar-refractivity contribution is -0.138. The second-order valence-electron chi connectivity index (χ2n) is 8.72. The van der Waals surface area contributed by atoms with Gasteiger partial charge in [0.2, 0.25) is 5.91 Å². The van der Waals surface area contributed by atoms with E-state index >= 15 is 0 Å². The Bertz CT molecular complexity index is 1170. The third-order valence-corrected chi connectivity index (χ3v) is 6.36. The molecule has 16 heteroatoms. The minimum Gasteiger partial charge on any atom is -0.394 e. The van der Waals surface area contributed by atoms with Crippen LogP contribution in [-0.2, 0) is 11.3 Å². The number of hydrogen-bond donors (Lipinski definition) is 4. The SMILES string of the molecule is Cl.Cl.NC(=O)C(CO)NCc1c(C(=O)Nc2ccc(Cl)cc2N2CCN(CCC(F)(F)F)CC2)ccc(F)c1F. The highest BCUT2D eigenvalue weighted by molar-refractivity contribution is 6.31. The number of nitrogens with one attached hydrogen (secondary N) is 2. The average molecular weight is 637 g/mol. The van der Waals surface area contributed by atoms with E-state index in [1.54, 1.807) is 11.0 Å². The van der Waals surface area contributed by atoms with Crippen LogP contribution in [0.3, 0.4) is 0 Å². The number of piperazine rings is 1. The average Bonchev–Trinajstić information content (AvgIpc) is 2.86. The molecular formula is C24H29Cl3F5N5O3. The zero-order valence-electron chi connectivity index (χ0n) is 20.9. The van der Waals surface area contributed by atoms with Crippen LogP contribution in [0, 0.1) is 11.6 Å². The van der Waals surface area contributed by atoms with Crippen molar-refractivity contribution >= 4 is 59.6 Å². The Labute approximate surface area is 244 Å². The molecule has 0 aliphatic carbocycles. The molecule has 1 saturated heterocycles. The van der Waals surface area contributed by atoms with Crippen molar-refractivity contribution < 1.29 is 36.6 Å². The fourth-order valence-corrected chi connectivity index (χ4v) is 4.18. The lowest BCUT2D eigenvalue weighted by Crippen LogP contribution is -2.47. The summed E-state index contributed by atoms with van der Waals surface area (Å²) in [7, 11) is 0. The summed E-state index contributed by atoms with van der Waals surface area (Å²) < 4.78 is 66.3. The van der Waals surface area contributed by atoms with E-state index in [4.69, 9.17) is 17.3 Å². The number of anilines is 2. The summed E-state index contributed by atoms with van der Waals surface area (Å²) in [6.07, 6.45) is -5.15. The smallest absolute Gasteiger partial charge is 0.390 e. The van der Waals surface area contributed by atoms with E-state index in [0.717, 1.165) is 12.1 Å². The molecule has 0 aromatic heterocycles. The number of carbonyl (C=O) groups excluding carboxylic acids is 2. The first-order chi connectivity index (χ1) is 17.9. The Morgan fingerprint density at radius 2 is 1.73 bits per heavy atom. The maximum Gasteiger partial charge on any atom is 0.390 e. The standard InChI is InChI=1S/C24H27ClF5N5O3.2ClH/c25-14-1-4-18(20(11-14)35-9-7-34(8-10-35)6-5-24(28,29)30)33-23(38)15-2-3-17(26)21(27)16(15)12-32-19(13-36)22(31)37;;/h1-4,11,19,32,36H,5-10,12-13H2,(H2,31,37)(H,33,38);2*1H. The molecule has 1 fully saturated rings. The van der Waals surface area contributed by atoms with Crippen LogP contribution in [0.2, 0.25) is 5.02 Å². The molecule has 0 spiro atoms. The number of nitrogens with two attached hydrogens (primary N) is 1. The Balaban J connectivity index is 0.00000400. The molecule has 1 unspecified atom stereocenters. The first kappa shape index (κ1) is 35.6. The maximum absolute atomic E-state index is 14.6. The Morgan fingerprint density at radius 1 is 1.07 bits per heavy atom. The summed E-state index contributed by atoms with van der Waals surface area (Å²) in [5.74, 6) is -4.22. The molecule has 1 aliphatic heterocycles. The normalized spacial score (nSPS) is 14.6. The van der Waals surface area contributed by atoms with Crippen LogP contribution in [0.1, 0.15) is 22.3 Å². The number of benzene rings is 2. The predicted molar refractivity (Wildman–Crippen MR) is 146 cm³/mol. The first-order valence-corrected chi connectivity index (χ1v) is 12.0. The number of alkyl halides is 3. The van der Waals surface area contributed by atoms with Crippen molar-refractivity contribution in [2.45, 2.75) is 25.2 Å². The zero-order chi connectivity index (χ0) is 28.0. The van der Waals surface area contributed by atoms with Crippen LogP contribution in [0.4, 0.5) is 33.3 Å². The molecular weight excluding hydrogens is 608 g/mol. The molecule has 1 aliphatic rings. The van der Waals surface area contributed by atoms with Gasteiger partial charge in [0.15, 0.2) is 11.6 Å². The van der Waals surface area contributed by atoms with Crippen molar-refractivity contribution in [1.82, 2.24) is 10.2 Å². The van der Waals surface area contributed by atoms with Crippen LogP contribution in [-0.4, -0.2) is 73.4 Å². The lowest BCUT2D eigenvalue weighted by Gasteiger charge is -2.37. The van der Waals surface area contributed by atoms with Crippen molar-refractivity contribution in [3.63, 3.8) is 0 Å². The predicted octanol–water partition coefficient (Wildman–Crippen LogP) is 3.72. The summed E-state index contributed by atoms with van der Waals surface area (Å²) >= 11 is 6.16. The van der Waals surface area contributed by atoms with Gasteiger partial charge in [-0.3, -0.25) is 19.8 Å². The molecule has 8 nitrogen and oxygen atoms in total. The van der Waals surface area contributed by atoms with Gasteiger partial charge in [0.25, 0.3) is 5.91 Å². The Kier molecular flexibility index (Phi) is 13.8. The van der Waals surface area contributed by atoms with E-state index in [-0.39, 0.29) is 42.5 Å². The minimum absolute atomic E-state index is 0. The zero-order valence-corrected chi connectivity index (χ0v) is 23.3. The molecule has 0 saturated carbocycles. The molecule has 3 rings (SSSR count). The first-order valence-electron chi connectivity index (χ1n) is 11.6. The lowest BCUT2D eigenvalue weighted by atomic mass is 10.0. The number of carbonyl (C=O) groups is 2. The van der Waals surface area contributed by atoms with Crippen LogP contribution in [0.25, 0.3) is 0 Å². The maximum atomic E-state index is 14.6. The fourth-order valence-electron chi connectivity index (χ4n) is 4.02. The Hall–Kier alpha value is -2.42. The summed E-state index contributed by atoms with van der Waals surface area (Å²) in [5.41, 5.74) is 5.36. The van der Waals surface area contributed by atoms with Crippen molar-refractivity contribution in [2.24, 2.45) is 5.73 Å². The number of nitrogens with zero attached hydrogens (tertiary/aromatic N) is 2. The van der Waals surface area contributed by atoms with Gasteiger partial charge in [0.05, 0.1) is 24.4 Å². The summed E-state index contributed by atoms with van der Waals surface area (Å²) in [6, 6.07) is 5.26. The number of rotatable bonds is 10. The largest absolute Gasteiger partial charge is 0.394 e. The van der Waals surface area contributed by atoms with Gasteiger partial charge in [0.1, 0.15) is 6.04 Å². The van der Waals surface area contributed by atoms with E-state index in [1.807, 2.05) is 4.90 Å². The fraction of sp³-hybridized carbons (Fsp3) is 0.417. The molecule has 5 N–H and O–H groups in total. The van der Waals surface area contributed by atoms with Crippen LogP contribution in [0.15, 0.2) is 30.3 Å². The molecule has 2 aromatic rings. The molecule has 224 valence electrons. The van der Waals surface area contributed by atoms with Crippen LogP contribution >= 0.6 is 36.4 Å². The highest BCUT2D eigenvalue weighted by Gasteiger charge is 2.29. The highest BCUT2D eigenvalue weighted by atomic mass is 35.5. The van der Waals surface area contributed by atoms with E-state index in [1.165, 1.54) is 12.1 Å². The molecule has 40 heavy (non-hydrogen) atoms. The number of hydrogen-bond acceptors (Lipinski definition) is 6. The van der Waals surface area contributed by atoms with E-state index < -0.39 is 55.2 Å². The van der Waals surface area contributed by atoms with E-state index in [9.17, 15) is 36.6 Å². The molecule has 0 radical (unpaired) electrons. The minimum atomic E-state index is -4.24. The number of amides is 2. The number of aliphatic hydroxyl groups is 1. The highest BCUT2D eigenvalue weighted by Crippen LogP contribution is 2.31. The van der Waals surface area contributed by atoms with Crippen LogP contribution < -0.4 is 21.3 Å². The molecule has 1 heterocycles. The van der Waals surface area contributed by atoms with Gasteiger partial charge < -0.3 is 21.1 Å². The third kappa shape index (κ3) is 9.60. The topological polar surface area (TPSA) is 111 Å². The van der Waals surface area contributed by atoms with Crippen LogP contribution in [0.5, 0.6) is 0 Å². The monoisotopic (exact) mass is 635 g/mol. The summed E-state index contributed by atoms with van der Waals surface area (Å²) in [6.45, 7) is 0.186. The quantitative estimate of drug-likeness (QED) is 0.296. The number of primary amides is 1. The van der Waals surface area contributed by atoms with E-state index in [0.29, 0.717) is 42.6 Å². The molecule has 0 bridgehead atoms. The van der Waals surface area contributed by atoms with Crippen molar-refractivity contribution in [3.8, 4) is 0 Å². The van der Waals surface area contributed by atoms with Gasteiger partial charge in [-0.05, 0) is 30.3 Å². The van der Waals surface area contributed by atoms with Gasteiger partial charge in [-0.1, -0.05) is 11.6 Å². The van der Waals surface area contributed by atoms with Crippen molar-refractivity contribution in [2.75, 3.05) is 49.5 Å². The Morgan fingerprint density at radius 3 is 2.30 bits per heavy atom. The van der Waals surface area contributed by atoms with Crippen molar-refractivity contribution in [3.05, 3.63) is 58.1 Å². The van der Waals surface area contributed by atoms with Gasteiger partial charge >= 0.3 is 6.18 Å². The van der Waals surface area contributed by atoms with Gasteiger partial charge in [-0.15, -0.1) is 24.8 Å².